The molecule has 0 unspecified atom stereocenters. The molecule has 0 saturated carbocycles. The van der Waals surface area contributed by atoms with Gasteiger partial charge in [-0.05, 0) is 86.2 Å². The summed E-state index contributed by atoms with van der Waals surface area (Å²) in [4.78, 5) is 2.39. The summed E-state index contributed by atoms with van der Waals surface area (Å²) in [6.45, 7) is 0. The van der Waals surface area contributed by atoms with Gasteiger partial charge in [0.05, 0.1) is 11.0 Å². The van der Waals surface area contributed by atoms with Crippen LogP contribution in [0.1, 0.15) is 0 Å². The van der Waals surface area contributed by atoms with E-state index >= 15 is 0 Å². The predicted molar refractivity (Wildman–Crippen MR) is 205 cm³/mol. The van der Waals surface area contributed by atoms with Crippen LogP contribution in [0.15, 0.2) is 182 Å². The third kappa shape index (κ3) is 4.00. The summed E-state index contributed by atoms with van der Waals surface area (Å²) >= 11 is 0. The number of nitrogens with zero attached hydrogens (tertiary/aromatic N) is 2. The van der Waals surface area contributed by atoms with E-state index in [0.717, 1.165) is 22.7 Å². The summed E-state index contributed by atoms with van der Waals surface area (Å²) in [5.41, 5.74) is 6.94. The van der Waals surface area contributed by atoms with Crippen LogP contribution in [0.5, 0.6) is 0 Å². The normalized spacial score (nSPS) is 11.8. The SMILES string of the molecule is c1ccc(N(c2ccc3c(ccc4ccccc43)c2)c2ccc3c4c5ccccc5c5ccccc5c4n(-c4ccccc4)c3c2)cc1. The molecule has 1 aromatic heterocycles. The number of para-hydroxylation sites is 2. The van der Waals surface area contributed by atoms with E-state index in [0.29, 0.717) is 0 Å². The highest BCUT2D eigenvalue weighted by atomic mass is 15.1. The smallest absolute Gasteiger partial charge is 0.0625 e. The molecule has 1 heterocycles. The Hall–Kier alpha value is -6.38. The second-order valence-electron chi connectivity index (χ2n) is 12.6. The van der Waals surface area contributed by atoms with E-state index in [1.165, 1.54) is 64.9 Å². The maximum Gasteiger partial charge on any atom is 0.0625 e. The van der Waals surface area contributed by atoms with Gasteiger partial charge in [0.25, 0.3) is 0 Å². The first kappa shape index (κ1) is 26.8. The lowest BCUT2D eigenvalue weighted by Gasteiger charge is -2.26. The van der Waals surface area contributed by atoms with Crippen LogP contribution in [0.2, 0.25) is 0 Å². The van der Waals surface area contributed by atoms with Crippen LogP contribution in [0.4, 0.5) is 17.1 Å². The van der Waals surface area contributed by atoms with Gasteiger partial charge in [0, 0.05) is 38.9 Å². The maximum absolute atomic E-state index is 2.47. The molecular formula is C46H30N2. The minimum Gasteiger partial charge on any atom is -0.310 e. The number of fused-ring (bicyclic) bond motifs is 11. The van der Waals surface area contributed by atoms with Crippen molar-refractivity contribution < 1.29 is 0 Å². The molecule has 0 bridgehead atoms. The van der Waals surface area contributed by atoms with Crippen LogP contribution in [-0.2, 0) is 0 Å². The first-order chi connectivity index (χ1) is 23.8. The summed E-state index contributed by atoms with van der Waals surface area (Å²) < 4.78 is 2.47. The van der Waals surface area contributed by atoms with E-state index in [1.54, 1.807) is 0 Å². The first-order valence-corrected chi connectivity index (χ1v) is 16.5. The molecule has 0 saturated heterocycles. The fourth-order valence-corrected chi connectivity index (χ4v) is 7.81. The zero-order valence-corrected chi connectivity index (χ0v) is 26.2. The van der Waals surface area contributed by atoms with E-state index in [4.69, 9.17) is 0 Å². The molecule has 0 N–H and O–H groups in total. The molecule has 0 fully saturated rings. The topological polar surface area (TPSA) is 8.17 Å². The summed E-state index contributed by atoms with van der Waals surface area (Å²) in [5, 5.41) is 12.7. The van der Waals surface area contributed by atoms with Crippen molar-refractivity contribution in [1.82, 2.24) is 4.57 Å². The van der Waals surface area contributed by atoms with Crippen molar-refractivity contribution in [3.8, 4) is 5.69 Å². The summed E-state index contributed by atoms with van der Waals surface area (Å²) in [5.74, 6) is 0. The van der Waals surface area contributed by atoms with Crippen LogP contribution < -0.4 is 4.90 Å². The van der Waals surface area contributed by atoms with Crippen LogP contribution in [0.3, 0.4) is 0 Å². The van der Waals surface area contributed by atoms with E-state index in [-0.39, 0.29) is 0 Å². The molecule has 2 nitrogen and oxygen atoms in total. The van der Waals surface area contributed by atoms with Crippen LogP contribution in [0, 0.1) is 0 Å². The molecule has 0 aliphatic carbocycles. The number of benzene rings is 9. The average Bonchev–Trinajstić information content (AvgIpc) is 3.51. The first-order valence-electron chi connectivity index (χ1n) is 16.5. The van der Waals surface area contributed by atoms with Crippen molar-refractivity contribution in [2.75, 3.05) is 4.90 Å². The molecule has 2 heteroatoms. The van der Waals surface area contributed by atoms with Gasteiger partial charge in [-0.1, -0.05) is 133 Å². The standard InChI is InChI=1S/C46H30N2/c1-3-14-33(15-4-1)47(35-25-27-38-32(29-35)24-23-31-13-7-8-18-37(31)38)36-26-28-43-44(30-36)48(34-16-5-2-6-17-34)46-42-22-12-10-20-40(42)39-19-9-11-21-41(39)45(43)46/h1-30H. The number of hydrogen-bond donors (Lipinski definition) is 0. The van der Waals surface area contributed by atoms with Crippen molar-refractivity contribution in [3.05, 3.63) is 182 Å². The van der Waals surface area contributed by atoms with E-state index in [9.17, 15) is 0 Å². The molecule has 10 aromatic rings. The molecule has 224 valence electrons. The van der Waals surface area contributed by atoms with Crippen molar-refractivity contribution >= 4 is 82.0 Å². The quantitative estimate of drug-likeness (QED) is 0.180. The number of rotatable bonds is 4. The van der Waals surface area contributed by atoms with Gasteiger partial charge >= 0.3 is 0 Å². The van der Waals surface area contributed by atoms with Gasteiger partial charge < -0.3 is 9.47 Å². The van der Waals surface area contributed by atoms with E-state index in [2.05, 4.69) is 191 Å². The fourth-order valence-electron chi connectivity index (χ4n) is 7.81. The number of hydrogen-bond acceptors (Lipinski definition) is 1. The predicted octanol–water partition coefficient (Wildman–Crippen LogP) is 12.9. The molecule has 0 atom stereocenters. The van der Waals surface area contributed by atoms with Gasteiger partial charge in [0.15, 0.2) is 0 Å². The monoisotopic (exact) mass is 610 g/mol. The zero-order chi connectivity index (χ0) is 31.6. The lowest BCUT2D eigenvalue weighted by molar-refractivity contribution is 1.18. The molecule has 0 radical (unpaired) electrons. The maximum atomic E-state index is 2.47. The molecule has 0 spiro atoms. The molecule has 0 aliphatic rings. The Morgan fingerprint density at radius 1 is 0.333 bits per heavy atom. The van der Waals surface area contributed by atoms with Crippen molar-refractivity contribution in [2.45, 2.75) is 0 Å². The summed E-state index contributed by atoms with van der Waals surface area (Å²) in [6.07, 6.45) is 0. The summed E-state index contributed by atoms with van der Waals surface area (Å²) in [6, 6.07) is 66.2. The minimum atomic E-state index is 1.11. The van der Waals surface area contributed by atoms with Crippen LogP contribution in [0.25, 0.3) is 70.6 Å². The van der Waals surface area contributed by atoms with Crippen molar-refractivity contribution in [3.63, 3.8) is 0 Å². The molecule has 10 rings (SSSR count). The third-order valence-corrected chi connectivity index (χ3v) is 9.89. The van der Waals surface area contributed by atoms with E-state index < -0.39 is 0 Å². The Morgan fingerprint density at radius 2 is 0.875 bits per heavy atom. The average molecular weight is 611 g/mol. The Kier molecular flexibility index (Phi) is 5.91. The van der Waals surface area contributed by atoms with Gasteiger partial charge in [0.2, 0.25) is 0 Å². The number of anilines is 3. The number of aromatic nitrogens is 1. The molecule has 0 amide bonds. The lowest BCUT2D eigenvalue weighted by Crippen LogP contribution is -2.10. The minimum absolute atomic E-state index is 1.11. The van der Waals surface area contributed by atoms with Crippen molar-refractivity contribution in [1.29, 1.82) is 0 Å². The van der Waals surface area contributed by atoms with Crippen LogP contribution in [-0.4, -0.2) is 4.57 Å². The molecule has 9 aromatic carbocycles. The van der Waals surface area contributed by atoms with Gasteiger partial charge in [-0.2, -0.15) is 0 Å². The highest BCUT2D eigenvalue weighted by molar-refractivity contribution is 6.32. The Morgan fingerprint density at radius 3 is 1.65 bits per heavy atom. The summed E-state index contributed by atoms with van der Waals surface area (Å²) in [7, 11) is 0. The molecular weight excluding hydrogens is 581 g/mol. The van der Waals surface area contributed by atoms with Gasteiger partial charge in [-0.25, -0.2) is 0 Å². The van der Waals surface area contributed by atoms with Gasteiger partial charge in [-0.3, -0.25) is 0 Å². The van der Waals surface area contributed by atoms with Crippen molar-refractivity contribution in [2.24, 2.45) is 0 Å². The fraction of sp³-hybridized carbons (Fsp3) is 0. The zero-order valence-electron chi connectivity index (χ0n) is 26.2. The molecule has 0 aliphatic heterocycles. The van der Waals surface area contributed by atoms with E-state index in [1.807, 2.05) is 0 Å². The second-order valence-corrected chi connectivity index (χ2v) is 12.6. The van der Waals surface area contributed by atoms with Crippen LogP contribution >= 0.6 is 0 Å². The lowest BCUT2D eigenvalue weighted by atomic mass is 9.96. The van der Waals surface area contributed by atoms with Gasteiger partial charge in [-0.15, -0.1) is 0 Å². The molecule has 48 heavy (non-hydrogen) atoms. The Balaban J connectivity index is 1.29. The van der Waals surface area contributed by atoms with Gasteiger partial charge in [0.1, 0.15) is 0 Å². The Labute approximate surface area is 278 Å². The highest BCUT2D eigenvalue weighted by Crippen LogP contribution is 2.45. The largest absolute Gasteiger partial charge is 0.310 e. The Bertz CT molecular complexity index is 2830. The second kappa shape index (κ2) is 10.6. The highest BCUT2D eigenvalue weighted by Gasteiger charge is 2.21. The third-order valence-electron chi connectivity index (χ3n) is 9.89.